The van der Waals surface area contributed by atoms with E-state index in [2.05, 4.69) is 49.4 Å². The van der Waals surface area contributed by atoms with Gasteiger partial charge in [0.05, 0.1) is 0 Å². The molecule has 88 valence electrons. The van der Waals surface area contributed by atoms with Gasteiger partial charge >= 0.3 is 0 Å². The predicted octanol–water partition coefficient (Wildman–Crippen LogP) is 4.40. The topological polar surface area (TPSA) is 26.0 Å². The Morgan fingerprint density at radius 1 is 0.778 bits per heavy atom. The van der Waals surface area contributed by atoms with E-state index in [4.69, 9.17) is 5.73 Å². The first-order chi connectivity index (χ1) is 8.77. The fourth-order valence-corrected chi connectivity index (χ4v) is 2.46. The first kappa shape index (κ1) is 10.8. The first-order valence-corrected chi connectivity index (χ1v) is 6.10. The van der Waals surface area contributed by atoms with Gasteiger partial charge in [0.25, 0.3) is 0 Å². The minimum Gasteiger partial charge on any atom is -0.398 e. The van der Waals surface area contributed by atoms with Gasteiger partial charge in [-0.05, 0) is 34.9 Å². The maximum atomic E-state index is 6.11. The molecule has 3 aromatic rings. The lowest BCUT2D eigenvalue weighted by Crippen LogP contribution is -1.92. The van der Waals surface area contributed by atoms with Crippen LogP contribution < -0.4 is 5.73 Å². The number of nitrogen functional groups attached to an aromatic ring is 1. The van der Waals surface area contributed by atoms with E-state index in [-0.39, 0.29) is 0 Å². The van der Waals surface area contributed by atoms with Gasteiger partial charge in [-0.3, -0.25) is 0 Å². The zero-order chi connectivity index (χ0) is 12.5. The van der Waals surface area contributed by atoms with Crippen LogP contribution in [0, 0.1) is 6.92 Å². The van der Waals surface area contributed by atoms with E-state index in [0.717, 1.165) is 11.3 Å². The molecule has 0 heterocycles. The molecule has 0 fully saturated rings. The van der Waals surface area contributed by atoms with Crippen LogP contribution in [0.3, 0.4) is 0 Å². The number of para-hydroxylation sites is 1. The van der Waals surface area contributed by atoms with Gasteiger partial charge in [-0.2, -0.15) is 0 Å². The van der Waals surface area contributed by atoms with Crippen molar-refractivity contribution in [3.8, 4) is 11.1 Å². The summed E-state index contributed by atoms with van der Waals surface area (Å²) < 4.78 is 0. The van der Waals surface area contributed by atoms with Gasteiger partial charge in [0.1, 0.15) is 0 Å². The van der Waals surface area contributed by atoms with Crippen molar-refractivity contribution in [3.63, 3.8) is 0 Å². The average molecular weight is 233 g/mol. The summed E-state index contributed by atoms with van der Waals surface area (Å²) in [5.41, 5.74) is 10.6. The molecule has 0 aliphatic carbocycles. The monoisotopic (exact) mass is 233 g/mol. The highest BCUT2D eigenvalue weighted by atomic mass is 14.6. The molecule has 1 heteroatoms. The molecule has 0 radical (unpaired) electrons. The van der Waals surface area contributed by atoms with Crippen LogP contribution in [0.15, 0.2) is 60.7 Å². The van der Waals surface area contributed by atoms with Gasteiger partial charge in [0.2, 0.25) is 0 Å². The van der Waals surface area contributed by atoms with Gasteiger partial charge in [-0.15, -0.1) is 0 Å². The van der Waals surface area contributed by atoms with Gasteiger partial charge in [0.15, 0.2) is 0 Å². The molecule has 0 aromatic heterocycles. The van der Waals surface area contributed by atoms with Gasteiger partial charge in [0, 0.05) is 11.3 Å². The van der Waals surface area contributed by atoms with Crippen molar-refractivity contribution in [1.29, 1.82) is 0 Å². The standard InChI is InChI=1S/C17H15N/c1-12-10-11-13-6-2-3-7-14(13)17(12)15-8-4-5-9-16(15)18/h2-11H,18H2,1H3. The van der Waals surface area contributed by atoms with Crippen molar-refractivity contribution in [2.75, 3.05) is 5.73 Å². The molecule has 0 saturated carbocycles. The van der Waals surface area contributed by atoms with Crippen molar-refractivity contribution >= 4 is 16.5 Å². The van der Waals surface area contributed by atoms with Gasteiger partial charge in [-0.1, -0.05) is 54.6 Å². The molecule has 18 heavy (non-hydrogen) atoms. The number of hydrogen-bond acceptors (Lipinski definition) is 1. The van der Waals surface area contributed by atoms with Gasteiger partial charge in [-0.25, -0.2) is 0 Å². The number of rotatable bonds is 1. The Morgan fingerprint density at radius 3 is 2.33 bits per heavy atom. The largest absolute Gasteiger partial charge is 0.398 e. The Hall–Kier alpha value is -2.28. The molecular weight excluding hydrogens is 218 g/mol. The SMILES string of the molecule is Cc1ccc2ccccc2c1-c1ccccc1N. The number of hydrogen-bond donors (Lipinski definition) is 1. The molecule has 0 bridgehead atoms. The zero-order valence-corrected chi connectivity index (χ0v) is 10.4. The number of anilines is 1. The van der Waals surface area contributed by atoms with Crippen molar-refractivity contribution < 1.29 is 0 Å². The fraction of sp³-hybridized carbons (Fsp3) is 0.0588. The van der Waals surface area contributed by atoms with Crippen LogP contribution in [0.2, 0.25) is 0 Å². The third-order valence-electron chi connectivity index (χ3n) is 3.37. The van der Waals surface area contributed by atoms with Crippen molar-refractivity contribution in [3.05, 3.63) is 66.2 Å². The third kappa shape index (κ3) is 1.65. The molecule has 2 N–H and O–H groups in total. The van der Waals surface area contributed by atoms with Crippen LogP contribution in [-0.2, 0) is 0 Å². The van der Waals surface area contributed by atoms with E-state index in [1.165, 1.54) is 21.9 Å². The quantitative estimate of drug-likeness (QED) is 0.619. The summed E-state index contributed by atoms with van der Waals surface area (Å²) in [6, 6.07) is 20.8. The smallest absolute Gasteiger partial charge is 0.0394 e. The summed E-state index contributed by atoms with van der Waals surface area (Å²) in [6.45, 7) is 2.13. The minimum atomic E-state index is 0.831. The van der Waals surface area contributed by atoms with E-state index >= 15 is 0 Å². The summed E-state index contributed by atoms with van der Waals surface area (Å²) in [4.78, 5) is 0. The maximum Gasteiger partial charge on any atom is 0.0394 e. The number of aryl methyl sites for hydroxylation is 1. The molecular formula is C17H15N. The van der Waals surface area contributed by atoms with Crippen LogP contribution in [0.1, 0.15) is 5.56 Å². The number of benzene rings is 3. The van der Waals surface area contributed by atoms with E-state index in [0.29, 0.717) is 0 Å². The summed E-state index contributed by atoms with van der Waals surface area (Å²) in [5.74, 6) is 0. The zero-order valence-electron chi connectivity index (χ0n) is 10.4. The third-order valence-corrected chi connectivity index (χ3v) is 3.37. The number of fused-ring (bicyclic) bond motifs is 1. The minimum absolute atomic E-state index is 0.831. The second kappa shape index (κ2) is 4.19. The van der Waals surface area contributed by atoms with Crippen molar-refractivity contribution in [1.82, 2.24) is 0 Å². The predicted molar refractivity (Wildman–Crippen MR) is 78.5 cm³/mol. The summed E-state index contributed by atoms with van der Waals surface area (Å²) in [6.07, 6.45) is 0. The molecule has 0 atom stereocenters. The first-order valence-electron chi connectivity index (χ1n) is 6.10. The summed E-state index contributed by atoms with van der Waals surface area (Å²) in [5, 5.41) is 2.51. The van der Waals surface area contributed by atoms with Crippen molar-refractivity contribution in [2.45, 2.75) is 6.92 Å². The van der Waals surface area contributed by atoms with Crippen LogP contribution in [0.4, 0.5) is 5.69 Å². The van der Waals surface area contributed by atoms with Crippen LogP contribution in [0.25, 0.3) is 21.9 Å². The molecule has 0 saturated heterocycles. The second-order valence-corrected chi connectivity index (χ2v) is 4.57. The summed E-state index contributed by atoms with van der Waals surface area (Å²) in [7, 11) is 0. The van der Waals surface area contributed by atoms with E-state index in [1.807, 2.05) is 18.2 Å². The van der Waals surface area contributed by atoms with Crippen LogP contribution in [-0.4, -0.2) is 0 Å². The van der Waals surface area contributed by atoms with E-state index in [1.54, 1.807) is 0 Å². The fourth-order valence-electron chi connectivity index (χ4n) is 2.46. The highest BCUT2D eigenvalue weighted by Crippen LogP contribution is 2.34. The molecule has 0 unspecified atom stereocenters. The molecule has 3 aromatic carbocycles. The lowest BCUT2D eigenvalue weighted by atomic mass is 9.93. The Bertz CT molecular complexity index is 714. The second-order valence-electron chi connectivity index (χ2n) is 4.57. The highest BCUT2D eigenvalue weighted by molar-refractivity contribution is 6.00. The van der Waals surface area contributed by atoms with Crippen LogP contribution >= 0.6 is 0 Å². The average Bonchev–Trinajstić information content (AvgIpc) is 2.40. The Balaban J connectivity index is 2.42. The number of nitrogens with two attached hydrogens (primary N) is 1. The van der Waals surface area contributed by atoms with Gasteiger partial charge < -0.3 is 5.73 Å². The summed E-state index contributed by atoms with van der Waals surface area (Å²) >= 11 is 0. The molecule has 0 aliphatic rings. The van der Waals surface area contributed by atoms with Crippen molar-refractivity contribution in [2.24, 2.45) is 0 Å². The molecule has 0 amide bonds. The molecule has 3 rings (SSSR count). The lowest BCUT2D eigenvalue weighted by molar-refractivity contribution is 1.49. The Labute approximate surface area is 107 Å². The molecule has 1 nitrogen and oxygen atoms in total. The Kier molecular flexibility index (Phi) is 2.52. The lowest BCUT2D eigenvalue weighted by Gasteiger charge is -2.12. The normalized spacial score (nSPS) is 10.7. The maximum absolute atomic E-state index is 6.11. The highest BCUT2D eigenvalue weighted by Gasteiger charge is 2.09. The molecule has 0 aliphatic heterocycles. The van der Waals surface area contributed by atoms with Crippen LogP contribution in [0.5, 0.6) is 0 Å². The molecule has 0 spiro atoms. The van der Waals surface area contributed by atoms with E-state index < -0.39 is 0 Å². The van der Waals surface area contributed by atoms with E-state index in [9.17, 15) is 0 Å². The Morgan fingerprint density at radius 2 is 1.50 bits per heavy atom.